The molecule has 0 saturated heterocycles. The van der Waals surface area contributed by atoms with E-state index in [2.05, 4.69) is 31.4 Å². The van der Waals surface area contributed by atoms with Crippen LogP contribution in [0.25, 0.3) is 0 Å². The lowest BCUT2D eigenvalue weighted by Gasteiger charge is -2.37. The topological polar surface area (TPSA) is 67.4 Å². The van der Waals surface area contributed by atoms with Gasteiger partial charge in [-0.3, -0.25) is 10.1 Å². The van der Waals surface area contributed by atoms with Gasteiger partial charge in [-0.15, -0.1) is 0 Å². The average molecular weight is 498 g/mol. The molecule has 1 saturated carbocycles. The van der Waals surface area contributed by atoms with Crippen LogP contribution in [0, 0.1) is 17.8 Å². The summed E-state index contributed by atoms with van der Waals surface area (Å²) >= 11 is 18.9. The summed E-state index contributed by atoms with van der Waals surface area (Å²) < 4.78 is 6.30. The Morgan fingerprint density at radius 3 is 2.31 bits per heavy atom. The third kappa shape index (κ3) is 6.09. The first-order valence-electron chi connectivity index (χ1n) is 10.7. The smallest absolute Gasteiger partial charge is 0.326 e. The molecule has 3 rings (SSSR count). The lowest BCUT2D eigenvalue weighted by Crippen LogP contribution is -2.36. The first kappa shape index (κ1) is 24.7. The second kappa shape index (κ2) is 10.8. The average Bonchev–Trinajstić information content (AvgIpc) is 2.70. The number of hydrogen-bond acceptors (Lipinski definition) is 3. The highest BCUT2D eigenvalue weighted by molar-refractivity contribution is 6.37. The molecule has 0 heterocycles. The van der Waals surface area contributed by atoms with Crippen molar-refractivity contribution in [3.8, 4) is 5.75 Å². The standard InChI is InChI=1S/C24H27Cl3N2O3/c1-13(2)16-9-8-14(3)10-21(16)32-22-19(26)11-15(12-20(22)27)28-24(31)29-23(30)17-6-4-5-7-18(17)25/h4-7,11-14,16,21H,8-10H2,1-3H3,(H2,28,29,30,31)/t14-,16+,21-/m0/s1. The number of benzene rings is 2. The summed E-state index contributed by atoms with van der Waals surface area (Å²) in [4.78, 5) is 24.5. The highest BCUT2D eigenvalue weighted by Crippen LogP contribution is 2.41. The van der Waals surface area contributed by atoms with Crippen LogP contribution in [0.2, 0.25) is 15.1 Å². The van der Waals surface area contributed by atoms with Gasteiger partial charge in [0.2, 0.25) is 0 Å². The Morgan fingerprint density at radius 1 is 1.03 bits per heavy atom. The summed E-state index contributed by atoms with van der Waals surface area (Å²) in [6, 6.07) is 8.85. The monoisotopic (exact) mass is 496 g/mol. The third-order valence-corrected chi connectivity index (χ3v) is 6.72. The largest absolute Gasteiger partial charge is 0.487 e. The van der Waals surface area contributed by atoms with Crippen LogP contribution in [-0.4, -0.2) is 18.0 Å². The minimum Gasteiger partial charge on any atom is -0.487 e. The van der Waals surface area contributed by atoms with Crippen LogP contribution >= 0.6 is 34.8 Å². The molecule has 0 unspecified atom stereocenters. The molecule has 0 bridgehead atoms. The van der Waals surface area contributed by atoms with Crippen molar-refractivity contribution in [1.29, 1.82) is 0 Å². The van der Waals surface area contributed by atoms with Crippen molar-refractivity contribution in [2.45, 2.75) is 46.1 Å². The van der Waals surface area contributed by atoms with Crippen LogP contribution in [0.5, 0.6) is 5.75 Å². The van der Waals surface area contributed by atoms with Gasteiger partial charge in [0.15, 0.2) is 5.75 Å². The highest BCUT2D eigenvalue weighted by Gasteiger charge is 2.33. The van der Waals surface area contributed by atoms with E-state index < -0.39 is 11.9 Å². The molecule has 2 aromatic rings. The maximum absolute atomic E-state index is 12.3. The van der Waals surface area contributed by atoms with Crippen molar-refractivity contribution in [3.05, 3.63) is 57.0 Å². The lowest BCUT2D eigenvalue weighted by atomic mass is 9.75. The highest BCUT2D eigenvalue weighted by atomic mass is 35.5. The third-order valence-electron chi connectivity index (χ3n) is 5.83. The first-order valence-corrected chi connectivity index (χ1v) is 11.8. The van der Waals surface area contributed by atoms with Crippen LogP contribution in [-0.2, 0) is 0 Å². The molecule has 0 aliphatic heterocycles. The molecule has 2 N–H and O–H groups in total. The van der Waals surface area contributed by atoms with Gasteiger partial charge >= 0.3 is 6.03 Å². The van der Waals surface area contributed by atoms with E-state index in [1.54, 1.807) is 30.3 Å². The van der Waals surface area contributed by atoms with Gasteiger partial charge < -0.3 is 10.1 Å². The normalized spacial score (nSPS) is 20.7. The zero-order valence-corrected chi connectivity index (χ0v) is 20.5. The molecular formula is C24H27Cl3N2O3. The number of nitrogens with one attached hydrogen (secondary N) is 2. The summed E-state index contributed by atoms with van der Waals surface area (Å²) in [5, 5.41) is 5.65. The summed E-state index contributed by atoms with van der Waals surface area (Å²) in [7, 11) is 0. The van der Waals surface area contributed by atoms with Crippen LogP contribution < -0.4 is 15.4 Å². The molecule has 172 valence electrons. The summed E-state index contributed by atoms with van der Waals surface area (Å²) in [5.74, 6) is 1.29. The number of anilines is 1. The summed E-state index contributed by atoms with van der Waals surface area (Å²) in [5.41, 5.74) is 0.541. The van der Waals surface area contributed by atoms with E-state index >= 15 is 0 Å². The van der Waals surface area contributed by atoms with E-state index in [1.807, 2.05) is 0 Å². The van der Waals surface area contributed by atoms with Gasteiger partial charge in [0, 0.05) is 5.69 Å². The number of imide groups is 1. The molecule has 8 heteroatoms. The Hall–Kier alpha value is -1.95. The molecule has 1 aliphatic rings. The minimum atomic E-state index is -0.725. The van der Waals surface area contributed by atoms with Crippen molar-refractivity contribution < 1.29 is 14.3 Å². The van der Waals surface area contributed by atoms with Gasteiger partial charge in [-0.05, 0) is 54.9 Å². The minimum absolute atomic E-state index is 0.0316. The van der Waals surface area contributed by atoms with Gasteiger partial charge in [-0.1, -0.05) is 74.1 Å². The Bertz CT molecular complexity index is 973. The predicted molar refractivity (Wildman–Crippen MR) is 130 cm³/mol. The van der Waals surface area contributed by atoms with Crippen molar-refractivity contribution in [3.63, 3.8) is 0 Å². The number of rotatable bonds is 5. The van der Waals surface area contributed by atoms with E-state index in [9.17, 15) is 9.59 Å². The number of urea groups is 1. The molecular weight excluding hydrogens is 471 g/mol. The Kier molecular flexibility index (Phi) is 8.32. The fourth-order valence-corrected chi connectivity index (χ4v) is 4.92. The van der Waals surface area contributed by atoms with Gasteiger partial charge in [-0.25, -0.2) is 4.79 Å². The van der Waals surface area contributed by atoms with Gasteiger partial charge in [0.25, 0.3) is 5.91 Å². The predicted octanol–water partition coefficient (Wildman–Crippen LogP) is 7.45. The fourth-order valence-electron chi connectivity index (χ4n) is 4.12. The Morgan fingerprint density at radius 2 is 1.69 bits per heavy atom. The van der Waals surface area contributed by atoms with Gasteiger partial charge in [-0.2, -0.15) is 0 Å². The van der Waals surface area contributed by atoms with E-state index in [4.69, 9.17) is 39.5 Å². The van der Waals surface area contributed by atoms with Crippen LogP contribution in [0.15, 0.2) is 36.4 Å². The summed E-state index contributed by atoms with van der Waals surface area (Å²) in [6.07, 6.45) is 3.28. The van der Waals surface area contributed by atoms with E-state index in [1.165, 1.54) is 12.5 Å². The molecule has 0 radical (unpaired) electrons. The number of carbonyl (C=O) groups excluding carboxylic acids is 2. The van der Waals surface area contributed by atoms with E-state index in [-0.39, 0.29) is 16.7 Å². The molecule has 1 aliphatic carbocycles. The molecule has 32 heavy (non-hydrogen) atoms. The van der Waals surface area contributed by atoms with Crippen LogP contribution in [0.3, 0.4) is 0 Å². The maximum Gasteiger partial charge on any atom is 0.326 e. The van der Waals surface area contributed by atoms with Crippen molar-refractivity contribution >= 4 is 52.4 Å². The number of amides is 3. The Labute approximate surface area is 203 Å². The molecule has 1 fully saturated rings. The van der Waals surface area contributed by atoms with Crippen molar-refractivity contribution in [2.75, 3.05) is 5.32 Å². The summed E-state index contributed by atoms with van der Waals surface area (Å²) in [6.45, 7) is 6.64. The molecule has 2 aromatic carbocycles. The molecule has 0 spiro atoms. The fraction of sp³-hybridized carbons (Fsp3) is 0.417. The SMILES string of the molecule is CC(C)[C@H]1CC[C@H](C)C[C@@H]1Oc1c(Cl)cc(NC(=O)NC(=O)c2ccccc2Cl)cc1Cl. The van der Waals surface area contributed by atoms with Crippen molar-refractivity contribution in [2.24, 2.45) is 17.8 Å². The van der Waals surface area contributed by atoms with Gasteiger partial charge in [0.1, 0.15) is 6.10 Å². The lowest BCUT2D eigenvalue weighted by molar-refractivity contribution is 0.0461. The number of ether oxygens (including phenoxy) is 1. The number of halogens is 3. The van der Waals surface area contributed by atoms with E-state index in [0.717, 1.165) is 12.8 Å². The zero-order valence-electron chi connectivity index (χ0n) is 18.3. The maximum atomic E-state index is 12.3. The second-order valence-corrected chi connectivity index (χ2v) is 9.86. The molecule has 3 amide bonds. The zero-order chi connectivity index (χ0) is 23.4. The van der Waals surface area contributed by atoms with Crippen LogP contribution in [0.4, 0.5) is 10.5 Å². The van der Waals surface area contributed by atoms with Crippen LogP contribution in [0.1, 0.15) is 50.4 Å². The van der Waals surface area contributed by atoms with E-state index in [0.29, 0.717) is 39.2 Å². The quantitative estimate of drug-likeness (QED) is 0.451. The Balaban J connectivity index is 1.69. The molecule has 0 aromatic heterocycles. The van der Waals surface area contributed by atoms with Crippen molar-refractivity contribution in [1.82, 2.24) is 5.32 Å². The number of carbonyl (C=O) groups is 2. The van der Waals surface area contributed by atoms with Gasteiger partial charge in [0.05, 0.1) is 20.6 Å². The second-order valence-electron chi connectivity index (χ2n) is 8.64. The molecule has 3 atom stereocenters. The first-order chi connectivity index (χ1) is 15.2. The molecule has 5 nitrogen and oxygen atoms in total. The number of hydrogen-bond donors (Lipinski definition) is 2.